The van der Waals surface area contributed by atoms with Gasteiger partial charge in [0.25, 0.3) is 5.91 Å². The van der Waals surface area contributed by atoms with Crippen molar-refractivity contribution in [3.05, 3.63) is 46.2 Å². The number of nitrogens with zero attached hydrogens (tertiary/aromatic N) is 2. The van der Waals surface area contributed by atoms with Crippen molar-refractivity contribution >= 4 is 40.7 Å². The molecule has 0 fully saturated rings. The maximum absolute atomic E-state index is 12.2. The van der Waals surface area contributed by atoms with Gasteiger partial charge in [0.1, 0.15) is 0 Å². The van der Waals surface area contributed by atoms with Gasteiger partial charge in [0, 0.05) is 32.7 Å². The highest BCUT2D eigenvalue weighted by Crippen LogP contribution is 2.30. The molecule has 0 saturated heterocycles. The number of rotatable bonds is 7. The van der Waals surface area contributed by atoms with Crippen LogP contribution >= 0.6 is 23.2 Å². The number of amides is 1. The Balaban J connectivity index is 1.97. The molecule has 0 spiro atoms. The average Bonchev–Trinajstić information content (AvgIpc) is 2.55. The Morgan fingerprint density at radius 1 is 1.22 bits per heavy atom. The summed E-state index contributed by atoms with van der Waals surface area (Å²) in [6.07, 6.45) is 3.71. The summed E-state index contributed by atoms with van der Waals surface area (Å²) in [7, 11) is 1.65. The molecule has 1 aromatic heterocycles. The van der Waals surface area contributed by atoms with E-state index in [0.29, 0.717) is 40.4 Å². The number of hydrogen-bond donors (Lipinski definition) is 2. The van der Waals surface area contributed by atoms with E-state index in [1.807, 2.05) is 0 Å². The normalized spacial score (nSPS) is 10.4. The third-order valence-corrected chi connectivity index (χ3v) is 3.55. The van der Waals surface area contributed by atoms with Crippen LogP contribution in [0.25, 0.3) is 0 Å². The summed E-state index contributed by atoms with van der Waals surface area (Å²) >= 11 is 12.0. The number of carbonyl (C=O) groups is 1. The highest BCUT2D eigenvalue weighted by Gasteiger charge is 2.12. The first kappa shape index (κ1) is 17.5. The monoisotopic (exact) mass is 354 g/mol. The Morgan fingerprint density at radius 2 is 1.87 bits per heavy atom. The molecule has 0 atom stereocenters. The van der Waals surface area contributed by atoms with Crippen molar-refractivity contribution in [1.29, 1.82) is 0 Å². The van der Waals surface area contributed by atoms with E-state index in [0.717, 1.165) is 6.42 Å². The molecular weight excluding hydrogens is 339 g/mol. The number of anilines is 2. The Kier molecular flexibility index (Phi) is 6.58. The Hall–Kier alpha value is -1.89. The molecule has 122 valence electrons. The second kappa shape index (κ2) is 8.67. The lowest BCUT2D eigenvalue weighted by molar-refractivity contribution is 0.102. The van der Waals surface area contributed by atoms with Crippen LogP contribution < -0.4 is 10.6 Å². The minimum atomic E-state index is -0.383. The van der Waals surface area contributed by atoms with E-state index in [4.69, 9.17) is 27.9 Å². The number of methoxy groups -OCH3 is 1. The lowest BCUT2D eigenvalue weighted by atomic mass is 10.2. The molecule has 0 unspecified atom stereocenters. The van der Waals surface area contributed by atoms with Crippen LogP contribution in [0, 0.1) is 0 Å². The summed E-state index contributed by atoms with van der Waals surface area (Å²) in [5, 5.41) is 6.42. The van der Waals surface area contributed by atoms with Crippen LogP contribution in [0.1, 0.15) is 16.8 Å². The summed E-state index contributed by atoms with van der Waals surface area (Å²) in [5.74, 6) is 0.0689. The third kappa shape index (κ3) is 5.06. The number of nitrogens with one attached hydrogen (secondary N) is 2. The molecule has 1 aromatic carbocycles. The average molecular weight is 355 g/mol. The van der Waals surface area contributed by atoms with Gasteiger partial charge >= 0.3 is 0 Å². The molecule has 0 aliphatic carbocycles. The van der Waals surface area contributed by atoms with Crippen LogP contribution in [0.5, 0.6) is 0 Å². The quantitative estimate of drug-likeness (QED) is 0.744. The van der Waals surface area contributed by atoms with Crippen LogP contribution in [0.2, 0.25) is 10.0 Å². The van der Waals surface area contributed by atoms with Crippen molar-refractivity contribution in [2.24, 2.45) is 0 Å². The summed E-state index contributed by atoms with van der Waals surface area (Å²) in [4.78, 5) is 20.4. The molecule has 0 radical (unpaired) electrons. The molecule has 2 aromatic rings. The molecule has 2 N–H and O–H groups in total. The third-order valence-electron chi connectivity index (χ3n) is 2.92. The van der Waals surface area contributed by atoms with Crippen LogP contribution in [-0.4, -0.2) is 36.1 Å². The highest BCUT2D eigenvalue weighted by molar-refractivity contribution is 6.40. The lowest BCUT2D eigenvalue weighted by Crippen LogP contribution is -2.14. The van der Waals surface area contributed by atoms with Gasteiger partial charge in [-0.3, -0.25) is 4.79 Å². The second-order valence-electron chi connectivity index (χ2n) is 4.62. The van der Waals surface area contributed by atoms with Crippen molar-refractivity contribution in [3.63, 3.8) is 0 Å². The van der Waals surface area contributed by atoms with E-state index in [1.165, 1.54) is 12.4 Å². The van der Waals surface area contributed by atoms with Gasteiger partial charge in [0.15, 0.2) is 0 Å². The molecule has 2 rings (SSSR count). The molecule has 0 bridgehead atoms. The predicted octanol–water partition coefficient (Wildman–Crippen LogP) is 3.48. The van der Waals surface area contributed by atoms with E-state index in [2.05, 4.69) is 20.6 Å². The molecule has 1 heterocycles. The zero-order valence-electron chi connectivity index (χ0n) is 12.5. The second-order valence-corrected chi connectivity index (χ2v) is 5.43. The SMILES string of the molecule is COCCCNc1ncc(C(=O)Nc2c(Cl)cccc2Cl)cn1. The minimum Gasteiger partial charge on any atom is -0.385 e. The first-order valence-corrected chi connectivity index (χ1v) is 7.67. The summed E-state index contributed by atoms with van der Waals surface area (Å²) in [6, 6.07) is 4.99. The fraction of sp³-hybridized carbons (Fsp3) is 0.267. The first-order valence-electron chi connectivity index (χ1n) is 6.92. The molecule has 1 amide bonds. The van der Waals surface area contributed by atoms with Gasteiger partial charge < -0.3 is 15.4 Å². The smallest absolute Gasteiger partial charge is 0.258 e. The fourth-order valence-electron chi connectivity index (χ4n) is 1.76. The van der Waals surface area contributed by atoms with Crippen LogP contribution in [0.3, 0.4) is 0 Å². The van der Waals surface area contributed by atoms with Gasteiger partial charge in [0.05, 0.1) is 21.3 Å². The van der Waals surface area contributed by atoms with Crippen molar-refractivity contribution in [3.8, 4) is 0 Å². The van der Waals surface area contributed by atoms with E-state index < -0.39 is 0 Å². The van der Waals surface area contributed by atoms with Crippen molar-refractivity contribution in [1.82, 2.24) is 9.97 Å². The summed E-state index contributed by atoms with van der Waals surface area (Å²) in [5.41, 5.74) is 0.672. The number of benzene rings is 1. The zero-order chi connectivity index (χ0) is 16.7. The predicted molar refractivity (Wildman–Crippen MR) is 91.4 cm³/mol. The summed E-state index contributed by atoms with van der Waals surface area (Å²) in [6.45, 7) is 1.35. The number of ether oxygens (including phenoxy) is 1. The van der Waals surface area contributed by atoms with E-state index in [-0.39, 0.29) is 5.91 Å². The molecular formula is C15H16Cl2N4O2. The van der Waals surface area contributed by atoms with E-state index >= 15 is 0 Å². The number of aromatic nitrogens is 2. The van der Waals surface area contributed by atoms with Gasteiger partial charge in [-0.25, -0.2) is 9.97 Å². The van der Waals surface area contributed by atoms with Gasteiger partial charge in [0.2, 0.25) is 5.95 Å². The number of hydrogen-bond acceptors (Lipinski definition) is 5. The van der Waals surface area contributed by atoms with Crippen molar-refractivity contribution < 1.29 is 9.53 Å². The maximum Gasteiger partial charge on any atom is 0.258 e. The minimum absolute atomic E-state index is 0.309. The molecule has 0 aliphatic rings. The standard InChI is InChI=1S/C15H16Cl2N4O2/c1-23-7-3-6-18-15-19-8-10(9-20-15)14(22)21-13-11(16)4-2-5-12(13)17/h2,4-5,8-9H,3,6-7H2,1H3,(H,21,22)(H,18,19,20). The molecule has 0 saturated carbocycles. The zero-order valence-corrected chi connectivity index (χ0v) is 14.0. The molecule has 0 aliphatic heterocycles. The maximum atomic E-state index is 12.2. The van der Waals surface area contributed by atoms with Crippen LogP contribution in [0.4, 0.5) is 11.6 Å². The highest BCUT2D eigenvalue weighted by atomic mass is 35.5. The first-order chi connectivity index (χ1) is 11.1. The molecule has 6 nitrogen and oxygen atoms in total. The molecule has 8 heteroatoms. The number of halogens is 2. The van der Waals surface area contributed by atoms with E-state index in [1.54, 1.807) is 25.3 Å². The number of para-hydroxylation sites is 1. The van der Waals surface area contributed by atoms with Gasteiger partial charge in [-0.15, -0.1) is 0 Å². The van der Waals surface area contributed by atoms with Crippen LogP contribution in [0.15, 0.2) is 30.6 Å². The van der Waals surface area contributed by atoms with Crippen molar-refractivity contribution in [2.45, 2.75) is 6.42 Å². The van der Waals surface area contributed by atoms with E-state index in [9.17, 15) is 4.79 Å². The van der Waals surface area contributed by atoms with Crippen LogP contribution in [-0.2, 0) is 4.74 Å². The molecule has 23 heavy (non-hydrogen) atoms. The van der Waals surface area contributed by atoms with Gasteiger partial charge in [-0.1, -0.05) is 29.3 Å². The van der Waals surface area contributed by atoms with Gasteiger partial charge in [-0.2, -0.15) is 0 Å². The number of carbonyl (C=O) groups excluding carboxylic acids is 1. The van der Waals surface area contributed by atoms with Gasteiger partial charge in [-0.05, 0) is 18.6 Å². The largest absolute Gasteiger partial charge is 0.385 e. The Morgan fingerprint density at radius 3 is 2.48 bits per heavy atom. The van der Waals surface area contributed by atoms with Crippen molar-refractivity contribution in [2.75, 3.05) is 30.9 Å². The Labute approximate surface area is 144 Å². The summed E-state index contributed by atoms with van der Waals surface area (Å²) < 4.78 is 4.95. The topological polar surface area (TPSA) is 76.1 Å². The fourth-order valence-corrected chi connectivity index (χ4v) is 2.25. The Bertz CT molecular complexity index is 645. The lowest BCUT2D eigenvalue weighted by Gasteiger charge is -2.09.